The van der Waals surface area contributed by atoms with Crippen molar-refractivity contribution in [3.63, 3.8) is 0 Å². The highest BCUT2D eigenvalue weighted by atomic mass is 19.4. The number of aryl methyl sites for hydroxylation is 1. The molecule has 1 aliphatic heterocycles. The smallest absolute Gasteiger partial charge is 0.366 e. The lowest BCUT2D eigenvalue weighted by Crippen LogP contribution is -2.40. The van der Waals surface area contributed by atoms with Gasteiger partial charge in [0.2, 0.25) is 0 Å². The Bertz CT molecular complexity index is 1070. The van der Waals surface area contributed by atoms with Crippen molar-refractivity contribution in [1.82, 2.24) is 29.9 Å². The molecule has 11 heteroatoms. The first-order valence-electron chi connectivity index (χ1n) is 10.2. The maximum atomic E-state index is 13.4. The summed E-state index contributed by atoms with van der Waals surface area (Å²) in [5.41, 5.74) is 0.645. The van der Waals surface area contributed by atoms with Crippen molar-refractivity contribution in [2.75, 3.05) is 18.4 Å². The van der Waals surface area contributed by atoms with Gasteiger partial charge in [0.1, 0.15) is 11.5 Å². The number of amides is 1. The van der Waals surface area contributed by atoms with E-state index in [1.165, 1.54) is 23.3 Å². The van der Waals surface area contributed by atoms with Crippen LogP contribution in [-0.4, -0.2) is 54.9 Å². The van der Waals surface area contributed by atoms with Gasteiger partial charge in [-0.15, -0.1) is 4.80 Å². The Hall–Kier alpha value is -3.50. The maximum absolute atomic E-state index is 13.4. The molecular weight excluding hydrogens is 423 g/mol. The molecule has 0 saturated carbocycles. The van der Waals surface area contributed by atoms with Crippen LogP contribution in [0, 0.1) is 6.92 Å². The summed E-state index contributed by atoms with van der Waals surface area (Å²) in [6, 6.07) is 5.70. The molecule has 3 aromatic rings. The predicted molar refractivity (Wildman–Crippen MR) is 110 cm³/mol. The minimum atomic E-state index is -4.43. The largest absolute Gasteiger partial charge is 0.417 e. The molecule has 4 rings (SSSR count). The number of likely N-dealkylation sites (tertiary alicyclic amines) is 1. The minimum Gasteiger partial charge on any atom is -0.366 e. The molecule has 8 nitrogen and oxygen atoms in total. The molecule has 0 aliphatic carbocycles. The van der Waals surface area contributed by atoms with Crippen LogP contribution in [0.3, 0.4) is 0 Å². The molecule has 1 saturated heterocycles. The van der Waals surface area contributed by atoms with E-state index >= 15 is 0 Å². The van der Waals surface area contributed by atoms with E-state index in [-0.39, 0.29) is 17.6 Å². The standard InChI is InChI=1S/C21H22F3N7O/c1-14-5-7-17(31-26-9-10-27-31)19(28-14)20(32)30-11-3-2-4-16(13-30)29-18-8-6-15(12-25-18)21(22,23)24/h5-10,12,16H,2-4,11,13H2,1H3,(H,25,29)/t16-/m1/s1. The van der Waals surface area contributed by atoms with Crippen LogP contribution in [-0.2, 0) is 6.18 Å². The Morgan fingerprint density at radius 3 is 2.59 bits per heavy atom. The van der Waals surface area contributed by atoms with Crippen LogP contribution in [0.5, 0.6) is 0 Å². The summed E-state index contributed by atoms with van der Waals surface area (Å²) in [6.45, 7) is 2.74. The number of pyridine rings is 2. The van der Waals surface area contributed by atoms with E-state index in [0.29, 0.717) is 30.3 Å². The molecule has 0 aromatic carbocycles. The Morgan fingerprint density at radius 1 is 1.12 bits per heavy atom. The lowest BCUT2D eigenvalue weighted by molar-refractivity contribution is -0.137. The summed E-state index contributed by atoms with van der Waals surface area (Å²) < 4.78 is 38.3. The van der Waals surface area contributed by atoms with Crippen LogP contribution in [0.1, 0.15) is 41.0 Å². The van der Waals surface area contributed by atoms with E-state index in [2.05, 4.69) is 25.5 Å². The van der Waals surface area contributed by atoms with Crippen LogP contribution < -0.4 is 5.32 Å². The molecule has 1 aliphatic rings. The van der Waals surface area contributed by atoms with Crippen LogP contribution in [0.15, 0.2) is 42.9 Å². The fourth-order valence-electron chi connectivity index (χ4n) is 3.66. The third kappa shape index (κ3) is 4.87. The van der Waals surface area contributed by atoms with Crippen LogP contribution in [0.25, 0.3) is 5.69 Å². The molecule has 0 radical (unpaired) electrons. The number of carbonyl (C=O) groups is 1. The van der Waals surface area contributed by atoms with Gasteiger partial charge >= 0.3 is 6.18 Å². The average Bonchev–Trinajstić information content (AvgIpc) is 3.19. The molecule has 1 atom stereocenters. The van der Waals surface area contributed by atoms with E-state index in [9.17, 15) is 18.0 Å². The molecule has 168 valence electrons. The SMILES string of the molecule is Cc1ccc(-n2nccn2)c(C(=O)N2CCCC[C@@H](Nc3ccc(C(F)(F)F)cn3)C2)n1. The van der Waals surface area contributed by atoms with Gasteiger partial charge in [-0.3, -0.25) is 4.79 Å². The lowest BCUT2D eigenvalue weighted by Gasteiger charge is -2.26. The van der Waals surface area contributed by atoms with E-state index in [1.54, 1.807) is 24.0 Å². The molecule has 3 aromatic heterocycles. The highest BCUT2D eigenvalue weighted by molar-refractivity contribution is 5.95. The first-order chi connectivity index (χ1) is 15.3. The summed E-state index contributed by atoms with van der Waals surface area (Å²) >= 11 is 0. The molecule has 0 spiro atoms. The number of hydrogen-bond donors (Lipinski definition) is 1. The second-order valence-electron chi connectivity index (χ2n) is 7.66. The number of anilines is 1. The zero-order valence-electron chi connectivity index (χ0n) is 17.4. The van der Waals surface area contributed by atoms with Crippen LogP contribution in [0.2, 0.25) is 0 Å². The van der Waals surface area contributed by atoms with Crippen molar-refractivity contribution >= 4 is 11.7 Å². The Morgan fingerprint density at radius 2 is 1.91 bits per heavy atom. The van der Waals surface area contributed by atoms with Gasteiger partial charge in [0.15, 0.2) is 5.69 Å². The van der Waals surface area contributed by atoms with E-state index < -0.39 is 11.7 Å². The first-order valence-corrected chi connectivity index (χ1v) is 10.2. The maximum Gasteiger partial charge on any atom is 0.417 e. The summed E-state index contributed by atoms with van der Waals surface area (Å²) in [7, 11) is 0. The van der Waals surface area contributed by atoms with E-state index in [1.807, 2.05) is 0 Å². The van der Waals surface area contributed by atoms with Crippen molar-refractivity contribution in [3.8, 4) is 5.69 Å². The van der Waals surface area contributed by atoms with Gasteiger partial charge in [-0.2, -0.15) is 23.4 Å². The molecule has 1 N–H and O–H groups in total. The third-order valence-corrected chi connectivity index (χ3v) is 5.25. The Balaban J connectivity index is 1.52. The van der Waals surface area contributed by atoms with Gasteiger partial charge in [-0.1, -0.05) is 0 Å². The van der Waals surface area contributed by atoms with Crippen LogP contribution >= 0.6 is 0 Å². The Kier molecular flexibility index (Phi) is 6.06. The minimum absolute atomic E-state index is 0.151. The van der Waals surface area contributed by atoms with E-state index in [0.717, 1.165) is 31.5 Å². The predicted octanol–water partition coefficient (Wildman–Crippen LogP) is 3.49. The number of nitrogens with one attached hydrogen (secondary N) is 1. The second kappa shape index (κ2) is 8.93. The van der Waals surface area contributed by atoms with Crippen molar-refractivity contribution < 1.29 is 18.0 Å². The third-order valence-electron chi connectivity index (χ3n) is 5.25. The van der Waals surface area contributed by atoms with Gasteiger partial charge < -0.3 is 10.2 Å². The zero-order chi connectivity index (χ0) is 22.7. The molecule has 4 heterocycles. The molecule has 1 amide bonds. The van der Waals surface area contributed by atoms with Gasteiger partial charge in [-0.25, -0.2) is 9.97 Å². The molecule has 32 heavy (non-hydrogen) atoms. The number of aromatic nitrogens is 5. The summed E-state index contributed by atoms with van der Waals surface area (Å²) in [5, 5.41) is 11.4. The molecule has 1 fully saturated rings. The summed E-state index contributed by atoms with van der Waals surface area (Å²) in [5.74, 6) is 0.0995. The fraction of sp³-hybridized carbons (Fsp3) is 0.381. The number of carbonyl (C=O) groups excluding carboxylic acids is 1. The van der Waals surface area contributed by atoms with Crippen molar-refractivity contribution in [3.05, 3.63) is 59.8 Å². The number of nitrogens with zero attached hydrogens (tertiary/aromatic N) is 6. The fourth-order valence-corrected chi connectivity index (χ4v) is 3.66. The monoisotopic (exact) mass is 445 g/mol. The van der Waals surface area contributed by atoms with E-state index in [4.69, 9.17) is 0 Å². The highest BCUT2D eigenvalue weighted by Gasteiger charge is 2.31. The number of hydrogen-bond acceptors (Lipinski definition) is 6. The quantitative estimate of drug-likeness (QED) is 0.661. The molecule has 0 bridgehead atoms. The highest BCUT2D eigenvalue weighted by Crippen LogP contribution is 2.29. The van der Waals surface area contributed by atoms with Crippen molar-refractivity contribution in [2.24, 2.45) is 0 Å². The van der Waals surface area contributed by atoms with Gasteiger partial charge in [0, 0.05) is 31.0 Å². The number of rotatable bonds is 4. The molecular formula is C21H22F3N7O. The summed E-state index contributed by atoms with van der Waals surface area (Å²) in [6.07, 6.45) is 1.87. The van der Waals surface area contributed by atoms with Crippen LogP contribution in [0.4, 0.5) is 19.0 Å². The second-order valence-corrected chi connectivity index (χ2v) is 7.66. The average molecular weight is 445 g/mol. The summed E-state index contributed by atoms with van der Waals surface area (Å²) in [4.78, 5) is 24.8. The van der Waals surface area contributed by atoms with Gasteiger partial charge in [0.05, 0.1) is 18.0 Å². The number of alkyl halides is 3. The molecule has 0 unspecified atom stereocenters. The zero-order valence-corrected chi connectivity index (χ0v) is 17.4. The van der Waals surface area contributed by atoms with Gasteiger partial charge in [-0.05, 0) is 50.5 Å². The topological polar surface area (TPSA) is 88.8 Å². The van der Waals surface area contributed by atoms with Crippen molar-refractivity contribution in [1.29, 1.82) is 0 Å². The van der Waals surface area contributed by atoms with Gasteiger partial charge in [0.25, 0.3) is 5.91 Å². The number of halogens is 3. The normalized spacial score (nSPS) is 17.1. The first kappa shape index (κ1) is 21.7. The lowest BCUT2D eigenvalue weighted by atomic mass is 10.1. The van der Waals surface area contributed by atoms with Crippen molar-refractivity contribution in [2.45, 2.75) is 38.4 Å². The Labute approximate surface area is 182 Å².